The number of hydrogen-bond acceptors (Lipinski definition) is 3. The van der Waals surface area contributed by atoms with E-state index < -0.39 is 0 Å². The van der Waals surface area contributed by atoms with Crippen molar-refractivity contribution in [3.63, 3.8) is 0 Å². The van der Waals surface area contributed by atoms with Gasteiger partial charge in [0, 0.05) is 18.0 Å². The Bertz CT molecular complexity index is 763. The number of rotatable bonds is 12. The van der Waals surface area contributed by atoms with Crippen LogP contribution in [0, 0.1) is 18.8 Å². The van der Waals surface area contributed by atoms with Crippen LogP contribution in [0.5, 0.6) is 6.01 Å². The van der Waals surface area contributed by atoms with Crippen molar-refractivity contribution < 1.29 is 4.74 Å². The topological polar surface area (TPSA) is 35.0 Å². The molecule has 0 unspecified atom stereocenters. The number of nitrogens with zero attached hydrogens (tertiary/aromatic N) is 2. The highest BCUT2D eigenvalue weighted by molar-refractivity contribution is 5.63. The summed E-state index contributed by atoms with van der Waals surface area (Å²) in [6, 6.07) is 7.25. The Hall–Kier alpha value is -1.90. The number of hydrogen-bond donors (Lipinski definition) is 0. The number of aromatic nitrogens is 2. The highest BCUT2D eigenvalue weighted by Crippen LogP contribution is 2.32. The van der Waals surface area contributed by atoms with Gasteiger partial charge in [-0.05, 0) is 61.1 Å². The molecule has 3 heteroatoms. The quantitative estimate of drug-likeness (QED) is 0.325. The first-order chi connectivity index (χ1) is 15.2. The van der Waals surface area contributed by atoms with Crippen molar-refractivity contribution in [3.8, 4) is 17.1 Å². The van der Waals surface area contributed by atoms with Crippen LogP contribution in [-0.2, 0) is 6.42 Å². The maximum absolute atomic E-state index is 5.95. The number of ether oxygens (including phenoxy) is 1. The van der Waals surface area contributed by atoms with E-state index in [4.69, 9.17) is 4.74 Å². The van der Waals surface area contributed by atoms with Gasteiger partial charge >= 0.3 is 6.01 Å². The fourth-order valence-electron chi connectivity index (χ4n) is 4.82. The fraction of sp³-hybridized carbons (Fsp3) is 0.643. The van der Waals surface area contributed by atoms with Gasteiger partial charge < -0.3 is 4.74 Å². The summed E-state index contributed by atoms with van der Waals surface area (Å²) < 4.78 is 5.95. The lowest BCUT2D eigenvalue weighted by molar-refractivity contribution is 0.169. The number of benzene rings is 1. The molecule has 1 heterocycles. The third kappa shape index (κ3) is 7.63. The smallest absolute Gasteiger partial charge is 0.316 e. The molecule has 1 aliphatic rings. The Labute approximate surface area is 190 Å². The average molecular weight is 423 g/mol. The summed E-state index contributed by atoms with van der Waals surface area (Å²) in [5, 5.41) is 0. The number of aryl methyl sites for hydroxylation is 2. The molecule has 0 bridgehead atoms. The van der Waals surface area contributed by atoms with Gasteiger partial charge in [-0.2, -0.15) is 0 Å². The normalized spacial score (nSPS) is 18.8. The molecule has 0 saturated heterocycles. The summed E-state index contributed by atoms with van der Waals surface area (Å²) in [6.45, 7) is 7.51. The molecule has 0 N–H and O–H groups in total. The van der Waals surface area contributed by atoms with Crippen LogP contribution in [0.1, 0.15) is 95.6 Å². The van der Waals surface area contributed by atoms with Crippen molar-refractivity contribution in [1.29, 1.82) is 0 Å². The molecule has 1 aromatic heterocycles. The van der Waals surface area contributed by atoms with Crippen LogP contribution < -0.4 is 4.74 Å². The van der Waals surface area contributed by atoms with Gasteiger partial charge in [0.15, 0.2) is 0 Å². The Morgan fingerprint density at radius 2 is 1.52 bits per heavy atom. The Morgan fingerprint density at radius 3 is 2.19 bits per heavy atom. The van der Waals surface area contributed by atoms with Crippen molar-refractivity contribution in [2.75, 3.05) is 6.61 Å². The molecular weight excluding hydrogens is 380 g/mol. The van der Waals surface area contributed by atoms with Crippen molar-refractivity contribution in [3.05, 3.63) is 41.7 Å². The zero-order valence-corrected chi connectivity index (χ0v) is 20.0. The molecule has 0 spiro atoms. The predicted molar refractivity (Wildman–Crippen MR) is 131 cm³/mol. The zero-order chi connectivity index (χ0) is 21.9. The van der Waals surface area contributed by atoms with E-state index in [1.54, 1.807) is 0 Å². The molecule has 0 radical (unpaired) electrons. The Morgan fingerprint density at radius 1 is 0.839 bits per heavy atom. The second-order valence-corrected chi connectivity index (χ2v) is 9.55. The zero-order valence-electron chi connectivity index (χ0n) is 20.0. The lowest BCUT2D eigenvalue weighted by atomic mass is 9.80. The van der Waals surface area contributed by atoms with Gasteiger partial charge in [0.2, 0.25) is 0 Å². The molecule has 1 aliphatic carbocycles. The molecule has 3 rings (SSSR count). The van der Waals surface area contributed by atoms with Gasteiger partial charge in [-0.3, -0.25) is 0 Å². The van der Waals surface area contributed by atoms with Gasteiger partial charge in [0.05, 0.1) is 6.61 Å². The van der Waals surface area contributed by atoms with E-state index in [1.807, 2.05) is 12.4 Å². The lowest BCUT2D eigenvalue weighted by Gasteiger charge is -2.28. The predicted octanol–water partition coefficient (Wildman–Crippen LogP) is 7.95. The van der Waals surface area contributed by atoms with E-state index >= 15 is 0 Å². The van der Waals surface area contributed by atoms with Gasteiger partial charge in [0.1, 0.15) is 0 Å². The van der Waals surface area contributed by atoms with Crippen LogP contribution >= 0.6 is 0 Å². The summed E-state index contributed by atoms with van der Waals surface area (Å²) in [7, 11) is 0. The van der Waals surface area contributed by atoms with Crippen LogP contribution in [0.4, 0.5) is 0 Å². The fourth-order valence-corrected chi connectivity index (χ4v) is 4.82. The first kappa shape index (κ1) is 23.8. The summed E-state index contributed by atoms with van der Waals surface area (Å²) >= 11 is 0. The van der Waals surface area contributed by atoms with E-state index in [0.717, 1.165) is 18.1 Å². The summed E-state index contributed by atoms with van der Waals surface area (Å²) in [6.07, 6.45) is 19.7. The summed E-state index contributed by atoms with van der Waals surface area (Å²) in [4.78, 5) is 8.97. The molecule has 0 atom stereocenters. The molecule has 0 amide bonds. The van der Waals surface area contributed by atoms with E-state index in [-0.39, 0.29) is 0 Å². The van der Waals surface area contributed by atoms with Gasteiger partial charge in [0.25, 0.3) is 0 Å². The first-order valence-corrected chi connectivity index (χ1v) is 12.7. The minimum atomic E-state index is 0.515. The average Bonchev–Trinajstić information content (AvgIpc) is 2.80. The van der Waals surface area contributed by atoms with E-state index in [0.29, 0.717) is 11.9 Å². The molecule has 1 saturated carbocycles. The van der Waals surface area contributed by atoms with Crippen LogP contribution in [0.25, 0.3) is 11.1 Å². The monoisotopic (exact) mass is 422 g/mol. The highest BCUT2D eigenvalue weighted by Gasteiger charge is 2.21. The maximum atomic E-state index is 5.95. The highest BCUT2D eigenvalue weighted by atomic mass is 16.5. The van der Waals surface area contributed by atoms with Crippen LogP contribution in [0.2, 0.25) is 0 Å². The van der Waals surface area contributed by atoms with Gasteiger partial charge in [-0.15, -0.1) is 0 Å². The molecule has 1 fully saturated rings. The van der Waals surface area contributed by atoms with E-state index in [9.17, 15) is 0 Å². The largest absolute Gasteiger partial charge is 0.463 e. The lowest BCUT2D eigenvalue weighted by Crippen LogP contribution is -2.20. The van der Waals surface area contributed by atoms with Gasteiger partial charge in [-0.25, -0.2) is 9.97 Å². The standard InChI is InChI=1S/C28H42N2O/c1-4-6-8-10-23-12-14-24(15-13-23)21-31-28-29-19-27(20-30-28)26-17-16-25(22(3)18-26)11-9-7-5-2/h16-20,23-24H,4-15,21H2,1-3H3. The molecule has 31 heavy (non-hydrogen) atoms. The molecule has 1 aromatic carbocycles. The molecule has 3 nitrogen and oxygen atoms in total. The van der Waals surface area contributed by atoms with Crippen LogP contribution in [0.3, 0.4) is 0 Å². The maximum Gasteiger partial charge on any atom is 0.316 e. The van der Waals surface area contributed by atoms with Crippen LogP contribution in [0.15, 0.2) is 30.6 Å². The van der Waals surface area contributed by atoms with Crippen molar-refractivity contribution in [1.82, 2.24) is 9.97 Å². The molecule has 2 aromatic rings. The number of unbranched alkanes of at least 4 members (excludes halogenated alkanes) is 4. The minimum absolute atomic E-state index is 0.515. The Balaban J connectivity index is 1.45. The minimum Gasteiger partial charge on any atom is -0.463 e. The summed E-state index contributed by atoms with van der Waals surface area (Å²) in [5.74, 6) is 1.61. The second kappa shape index (κ2) is 12.8. The van der Waals surface area contributed by atoms with Crippen molar-refractivity contribution in [2.24, 2.45) is 11.8 Å². The SMILES string of the molecule is CCCCCc1ccc(-c2cnc(OCC3CCC(CCCCC)CC3)nc2)cc1C. The third-order valence-electron chi connectivity index (χ3n) is 6.98. The van der Waals surface area contributed by atoms with Crippen LogP contribution in [-0.4, -0.2) is 16.6 Å². The molecule has 170 valence electrons. The van der Waals surface area contributed by atoms with Crippen molar-refractivity contribution in [2.45, 2.75) is 97.8 Å². The molecule has 0 aliphatic heterocycles. The van der Waals surface area contributed by atoms with Gasteiger partial charge in [-0.1, -0.05) is 83.4 Å². The van der Waals surface area contributed by atoms with Crippen molar-refractivity contribution >= 4 is 0 Å². The summed E-state index contributed by atoms with van der Waals surface area (Å²) in [5.41, 5.74) is 5.06. The Kier molecular flexibility index (Phi) is 9.84. The third-order valence-corrected chi connectivity index (χ3v) is 6.98. The molecular formula is C28H42N2O. The van der Waals surface area contributed by atoms with E-state index in [2.05, 4.69) is 48.9 Å². The second-order valence-electron chi connectivity index (χ2n) is 9.55. The van der Waals surface area contributed by atoms with E-state index in [1.165, 1.54) is 93.7 Å². The first-order valence-electron chi connectivity index (χ1n) is 12.7.